The summed E-state index contributed by atoms with van der Waals surface area (Å²) in [6, 6.07) is 14.5. The van der Waals surface area contributed by atoms with Crippen LogP contribution >= 0.6 is 0 Å². The lowest BCUT2D eigenvalue weighted by Gasteiger charge is -2.10. The topological polar surface area (TPSA) is 85.1 Å². The highest BCUT2D eigenvalue weighted by atomic mass is 32.2. The van der Waals surface area contributed by atoms with Crippen LogP contribution in [0.25, 0.3) is 10.8 Å². The zero-order valence-corrected chi connectivity index (χ0v) is 11.8. The summed E-state index contributed by atoms with van der Waals surface area (Å²) in [5.74, 6) is 0. The Morgan fingerprint density at radius 1 is 1.00 bits per heavy atom. The minimum Gasteiger partial charge on any atom is -0.398 e. The number of aromatic nitrogens is 1. The van der Waals surface area contributed by atoms with E-state index in [1.165, 1.54) is 18.5 Å². The minimum atomic E-state index is -3.75. The first kappa shape index (κ1) is 13.4. The molecule has 5 nitrogen and oxygen atoms in total. The molecule has 0 aliphatic heterocycles. The van der Waals surface area contributed by atoms with Crippen LogP contribution in [-0.4, -0.2) is 13.4 Å². The van der Waals surface area contributed by atoms with Crippen molar-refractivity contribution in [2.45, 2.75) is 4.90 Å². The van der Waals surface area contributed by atoms with Crippen molar-refractivity contribution in [1.82, 2.24) is 4.98 Å². The average Bonchev–Trinajstić information content (AvgIpc) is 2.47. The Hall–Kier alpha value is -2.60. The van der Waals surface area contributed by atoms with Crippen molar-refractivity contribution < 1.29 is 8.42 Å². The van der Waals surface area contributed by atoms with E-state index in [9.17, 15) is 8.42 Å². The van der Waals surface area contributed by atoms with Crippen LogP contribution in [0, 0.1) is 0 Å². The third-order valence-electron chi connectivity index (χ3n) is 3.11. The highest BCUT2D eigenvalue weighted by Gasteiger charge is 2.17. The fraction of sp³-hybridized carbons (Fsp3) is 0. The Morgan fingerprint density at radius 3 is 2.52 bits per heavy atom. The molecule has 3 aromatic rings. The maximum absolute atomic E-state index is 12.3. The van der Waals surface area contributed by atoms with Crippen LogP contribution in [0.5, 0.6) is 0 Å². The van der Waals surface area contributed by atoms with Crippen LogP contribution in [-0.2, 0) is 10.0 Å². The monoisotopic (exact) mass is 299 g/mol. The summed E-state index contributed by atoms with van der Waals surface area (Å²) in [6.07, 6.45) is 2.68. The van der Waals surface area contributed by atoms with E-state index in [0.29, 0.717) is 5.69 Å². The lowest BCUT2D eigenvalue weighted by Crippen LogP contribution is -2.15. The number of fused-ring (bicyclic) bond motifs is 1. The third-order valence-corrected chi connectivity index (χ3v) is 4.53. The molecule has 0 radical (unpaired) electrons. The standard InChI is InChI=1S/C15H13N3O2S/c16-14-7-8-17-10-15(14)21(19,20)18-13-6-5-11-3-1-2-4-12(11)9-13/h1-10,18H,(H2,16,17). The molecule has 6 heteroatoms. The Balaban J connectivity index is 1.99. The second kappa shape index (κ2) is 5.06. The van der Waals surface area contributed by atoms with E-state index in [2.05, 4.69) is 9.71 Å². The number of rotatable bonds is 3. The molecule has 0 unspecified atom stereocenters. The van der Waals surface area contributed by atoms with Gasteiger partial charge in [0.2, 0.25) is 0 Å². The molecule has 0 atom stereocenters. The van der Waals surface area contributed by atoms with Gasteiger partial charge in [0.1, 0.15) is 4.90 Å². The number of nitrogens with two attached hydrogens (primary N) is 1. The fourth-order valence-electron chi connectivity index (χ4n) is 2.08. The Kier molecular flexibility index (Phi) is 3.23. The highest BCUT2D eigenvalue weighted by molar-refractivity contribution is 7.92. The second-order valence-electron chi connectivity index (χ2n) is 4.58. The van der Waals surface area contributed by atoms with E-state index < -0.39 is 10.0 Å². The Labute approximate surface area is 122 Å². The van der Waals surface area contributed by atoms with E-state index in [1.54, 1.807) is 12.1 Å². The zero-order valence-electron chi connectivity index (χ0n) is 11.0. The van der Waals surface area contributed by atoms with Gasteiger partial charge in [-0.1, -0.05) is 30.3 Å². The average molecular weight is 299 g/mol. The molecular weight excluding hydrogens is 286 g/mol. The maximum Gasteiger partial charge on any atom is 0.265 e. The number of hydrogen-bond donors (Lipinski definition) is 2. The lowest BCUT2D eigenvalue weighted by molar-refractivity contribution is 0.601. The van der Waals surface area contributed by atoms with Crippen LogP contribution in [0.4, 0.5) is 11.4 Å². The number of anilines is 2. The molecule has 0 bridgehead atoms. The van der Waals surface area contributed by atoms with E-state index >= 15 is 0 Å². The quantitative estimate of drug-likeness (QED) is 0.778. The summed E-state index contributed by atoms with van der Waals surface area (Å²) < 4.78 is 27.2. The summed E-state index contributed by atoms with van der Waals surface area (Å²) in [5.41, 5.74) is 6.34. The number of sulfonamides is 1. The summed E-state index contributed by atoms with van der Waals surface area (Å²) >= 11 is 0. The first-order valence-corrected chi connectivity index (χ1v) is 7.76. The number of hydrogen-bond acceptors (Lipinski definition) is 4. The molecular formula is C15H13N3O2S. The summed E-state index contributed by atoms with van der Waals surface area (Å²) in [5, 5.41) is 2.00. The largest absolute Gasteiger partial charge is 0.398 e. The van der Waals surface area contributed by atoms with E-state index in [0.717, 1.165) is 10.8 Å². The predicted octanol–water partition coefficient (Wildman–Crippen LogP) is 2.62. The number of nitrogen functional groups attached to an aromatic ring is 1. The van der Waals surface area contributed by atoms with Gasteiger partial charge in [0.25, 0.3) is 10.0 Å². The molecule has 0 amide bonds. The van der Waals surface area contributed by atoms with Crippen LogP contribution in [0.1, 0.15) is 0 Å². The van der Waals surface area contributed by atoms with Crippen LogP contribution < -0.4 is 10.5 Å². The Bertz CT molecular complexity index is 907. The van der Waals surface area contributed by atoms with Gasteiger partial charge in [0.15, 0.2) is 0 Å². The smallest absolute Gasteiger partial charge is 0.265 e. The molecule has 21 heavy (non-hydrogen) atoms. The van der Waals surface area contributed by atoms with Crippen molar-refractivity contribution in [2.75, 3.05) is 10.5 Å². The van der Waals surface area contributed by atoms with Gasteiger partial charge < -0.3 is 5.73 Å². The summed E-state index contributed by atoms with van der Waals surface area (Å²) in [6.45, 7) is 0. The van der Waals surface area contributed by atoms with Gasteiger partial charge in [-0.2, -0.15) is 0 Å². The van der Waals surface area contributed by atoms with E-state index in [-0.39, 0.29) is 10.6 Å². The molecule has 0 fully saturated rings. The van der Waals surface area contributed by atoms with Gasteiger partial charge >= 0.3 is 0 Å². The normalized spacial score (nSPS) is 11.4. The maximum atomic E-state index is 12.3. The van der Waals surface area contributed by atoms with Crippen molar-refractivity contribution in [3.8, 4) is 0 Å². The van der Waals surface area contributed by atoms with E-state index in [4.69, 9.17) is 5.73 Å². The van der Waals surface area contributed by atoms with Crippen LogP contribution in [0.3, 0.4) is 0 Å². The first-order valence-electron chi connectivity index (χ1n) is 6.27. The number of pyridine rings is 1. The molecule has 0 aliphatic rings. The molecule has 0 spiro atoms. The number of nitrogens with zero attached hydrogens (tertiary/aromatic N) is 1. The second-order valence-corrected chi connectivity index (χ2v) is 6.23. The summed E-state index contributed by atoms with van der Waals surface area (Å²) in [7, 11) is -3.75. The molecule has 2 aromatic carbocycles. The van der Waals surface area contributed by atoms with Crippen molar-refractivity contribution in [3.05, 3.63) is 60.9 Å². The van der Waals surface area contributed by atoms with Crippen LogP contribution in [0.15, 0.2) is 65.8 Å². The minimum absolute atomic E-state index is 0.0295. The third kappa shape index (κ3) is 2.66. The molecule has 1 aromatic heterocycles. The van der Waals surface area contributed by atoms with Gasteiger partial charge in [0, 0.05) is 18.1 Å². The molecule has 0 saturated carbocycles. The molecule has 0 aliphatic carbocycles. The molecule has 106 valence electrons. The molecule has 3 N–H and O–H groups in total. The van der Waals surface area contributed by atoms with Crippen LogP contribution in [0.2, 0.25) is 0 Å². The molecule has 3 rings (SSSR count). The fourth-order valence-corrected chi connectivity index (χ4v) is 3.20. The van der Waals surface area contributed by atoms with Gasteiger partial charge in [-0.15, -0.1) is 0 Å². The van der Waals surface area contributed by atoms with Crippen molar-refractivity contribution in [1.29, 1.82) is 0 Å². The first-order chi connectivity index (χ1) is 10.1. The van der Waals surface area contributed by atoms with Gasteiger partial charge in [-0.25, -0.2) is 8.42 Å². The Morgan fingerprint density at radius 2 is 1.76 bits per heavy atom. The van der Waals surface area contributed by atoms with Crippen molar-refractivity contribution >= 4 is 32.2 Å². The molecule has 0 saturated heterocycles. The number of benzene rings is 2. The number of nitrogens with one attached hydrogen (secondary N) is 1. The zero-order chi connectivity index (χ0) is 14.9. The van der Waals surface area contributed by atoms with Gasteiger partial charge in [-0.05, 0) is 29.0 Å². The summed E-state index contributed by atoms with van der Waals surface area (Å²) in [4.78, 5) is 3.77. The predicted molar refractivity (Wildman–Crippen MR) is 83.4 cm³/mol. The SMILES string of the molecule is Nc1ccncc1S(=O)(=O)Nc1ccc2ccccc2c1. The molecule has 1 heterocycles. The van der Waals surface area contributed by atoms with Gasteiger partial charge in [0.05, 0.1) is 5.69 Å². The van der Waals surface area contributed by atoms with E-state index in [1.807, 2.05) is 30.3 Å². The van der Waals surface area contributed by atoms with Crippen molar-refractivity contribution in [2.24, 2.45) is 0 Å². The highest BCUT2D eigenvalue weighted by Crippen LogP contribution is 2.23. The lowest BCUT2D eigenvalue weighted by atomic mass is 10.1. The van der Waals surface area contributed by atoms with Crippen molar-refractivity contribution in [3.63, 3.8) is 0 Å². The van der Waals surface area contributed by atoms with Gasteiger partial charge in [-0.3, -0.25) is 9.71 Å².